The van der Waals surface area contributed by atoms with Crippen molar-refractivity contribution < 1.29 is 4.79 Å². The fourth-order valence-electron chi connectivity index (χ4n) is 2.48. The molecular formula is C14H16N4O2. The molecule has 2 heterocycles. The second-order valence-electron chi connectivity index (χ2n) is 5.05. The Morgan fingerprint density at radius 1 is 1.40 bits per heavy atom. The number of carbonyl (C=O) groups is 1. The molecule has 1 amide bonds. The maximum Gasteiger partial charge on any atom is 0.278 e. The first-order chi connectivity index (χ1) is 9.66. The summed E-state index contributed by atoms with van der Waals surface area (Å²) < 4.78 is 0. The van der Waals surface area contributed by atoms with E-state index in [0.29, 0.717) is 24.0 Å². The van der Waals surface area contributed by atoms with Gasteiger partial charge in [0.25, 0.3) is 5.91 Å². The highest BCUT2D eigenvalue weighted by Crippen LogP contribution is 2.08. The number of para-hydroxylation sites is 1. The van der Waals surface area contributed by atoms with Crippen molar-refractivity contribution in [2.45, 2.75) is 13.0 Å². The number of benzene rings is 1. The van der Waals surface area contributed by atoms with Crippen LogP contribution < -0.4 is 10.7 Å². The lowest BCUT2D eigenvalue weighted by Crippen LogP contribution is -2.52. The van der Waals surface area contributed by atoms with Crippen LogP contribution in [0.1, 0.15) is 17.4 Å². The van der Waals surface area contributed by atoms with Crippen molar-refractivity contribution in [2.24, 2.45) is 0 Å². The third kappa shape index (κ3) is 2.18. The minimum atomic E-state index is -0.310. The smallest absolute Gasteiger partial charge is 0.278 e. The van der Waals surface area contributed by atoms with Gasteiger partial charge in [0, 0.05) is 31.1 Å². The van der Waals surface area contributed by atoms with E-state index in [2.05, 4.69) is 15.5 Å². The molecule has 0 bridgehead atoms. The van der Waals surface area contributed by atoms with Crippen LogP contribution >= 0.6 is 0 Å². The Morgan fingerprint density at radius 2 is 2.20 bits per heavy atom. The van der Waals surface area contributed by atoms with Crippen LogP contribution in [0, 0.1) is 0 Å². The molecule has 0 spiro atoms. The number of hydrogen-bond donors (Lipinski definition) is 2. The van der Waals surface area contributed by atoms with Gasteiger partial charge >= 0.3 is 0 Å². The molecule has 2 N–H and O–H groups in total. The summed E-state index contributed by atoms with van der Waals surface area (Å²) in [5.41, 5.74) is 0.302. The van der Waals surface area contributed by atoms with Gasteiger partial charge in [0.1, 0.15) is 0 Å². The Labute approximate surface area is 115 Å². The number of fused-ring (bicyclic) bond motifs is 1. The van der Waals surface area contributed by atoms with E-state index in [1.807, 2.05) is 13.0 Å². The van der Waals surface area contributed by atoms with E-state index in [1.54, 1.807) is 23.1 Å². The summed E-state index contributed by atoms with van der Waals surface area (Å²) in [4.78, 5) is 26.4. The molecule has 104 valence electrons. The van der Waals surface area contributed by atoms with Crippen LogP contribution in [-0.2, 0) is 0 Å². The van der Waals surface area contributed by atoms with Crippen LogP contribution in [0.15, 0.2) is 29.1 Å². The largest absolute Gasteiger partial charge is 0.334 e. The standard InChI is InChI=1S/C14H16N4O2/c1-9-8-18(7-6-15-9)14(20)12-13(19)10-4-2-3-5-11(10)16-17-12/h2-5,9,15H,6-8H2,1H3,(H,16,19)/t9-/m0/s1. The molecule has 6 nitrogen and oxygen atoms in total. The van der Waals surface area contributed by atoms with Gasteiger partial charge in [-0.2, -0.15) is 5.10 Å². The lowest BCUT2D eigenvalue weighted by Gasteiger charge is -2.31. The lowest BCUT2D eigenvalue weighted by atomic mass is 10.1. The molecule has 6 heteroatoms. The van der Waals surface area contributed by atoms with Gasteiger partial charge in [0.15, 0.2) is 5.69 Å². The zero-order valence-corrected chi connectivity index (χ0v) is 11.2. The number of nitrogens with zero attached hydrogens (tertiary/aromatic N) is 2. The maximum absolute atomic E-state index is 12.4. The van der Waals surface area contributed by atoms with Crippen molar-refractivity contribution in [1.29, 1.82) is 0 Å². The molecule has 1 aliphatic rings. The van der Waals surface area contributed by atoms with Gasteiger partial charge in [0.05, 0.1) is 5.52 Å². The number of aromatic nitrogens is 2. The minimum Gasteiger partial charge on any atom is -0.334 e. The van der Waals surface area contributed by atoms with E-state index in [9.17, 15) is 9.59 Å². The van der Waals surface area contributed by atoms with Crippen LogP contribution in [0.25, 0.3) is 10.9 Å². The topological polar surface area (TPSA) is 78.1 Å². The van der Waals surface area contributed by atoms with E-state index in [-0.39, 0.29) is 23.1 Å². The normalized spacial score (nSPS) is 19.2. The quantitative estimate of drug-likeness (QED) is 0.785. The highest BCUT2D eigenvalue weighted by Gasteiger charge is 2.25. The van der Waals surface area contributed by atoms with Crippen molar-refractivity contribution >= 4 is 16.8 Å². The molecule has 2 aromatic rings. The Morgan fingerprint density at radius 3 is 3.00 bits per heavy atom. The first-order valence-electron chi connectivity index (χ1n) is 6.67. The lowest BCUT2D eigenvalue weighted by molar-refractivity contribution is 0.0701. The summed E-state index contributed by atoms with van der Waals surface area (Å²) in [5.74, 6) is -0.301. The minimum absolute atomic E-state index is 0.0298. The van der Waals surface area contributed by atoms with Gasteiger partial charge in [-0.3, -0.25) is 14.7 Å². The van der Waals surface area contributed by atoms with Gasteiger partial charge in [-0.15, -0.1) is 0 Å². The molecule has 0 aliphatic carbocycles. The van der Waals surface area contributed by atoms with E-state index < -0.39 is 0 Å². The Kier molecular flexibility index (Phi) is 3.23. The molecule has 1 saturated heterocycles. The first-order valence-corrected chi connectivity index (χ1v) is 6.67. The molecule has 20 heavy (non-hydrogen) atoms. The summed E-state index contributed by atoms with van der Waals surface area (Å²) in [7, 11) is 0. The van der Waals surface area contributed by atoms with Crippen molar-refractivity contribution in [3.05, 3.63) is 40.2 Å². The van der Waals surface area contributed by atoms with Crippen LogP contribution in [0.2, 0.25) is 0 Å². The molecule has 1 atom stereocenters. The highest BCUT2D eigenvalue weighted by atomic mass is 16.2. The molecular weight excluding hydrogens is 256 g/mol. The molecule has 1 aromatic heterocycles. The van der Waals surface area contributed by atoms with Crippen LogP contribution in [0.3, 0.4) is 0 Å². The predicted octanol–water partition coefficient (Wildman–Crippen LogP) is 0.357. The number of amides is 1. The first kappa shape index (κ1) is 12.8. The van der Waals surface area contributed by atoms with Crippen LogP contribution in [-0.4, -0.2) is 46.7 Å². The van der Waals surface area contributed by atoms with Gasteiger partial charge < -0.3 is 10.2 Å². The number of rotatable bonds is 1. The summed E-state index contributed by atoms with van der Waals surface area (Å²) in [6.45, 7) is 3.93. The Hall–Kier alpha value is -2.21. The second-order valence-corrected chi connectivity index (χ2v) is 5.05. The Balaban J connectivity index is 1.99. The molecule has 1 aromatic carbocycles. The third-order valence-corrected chi connectivity index (χ3v) is 3.53. The number of carbonyl (C=O) groups excluding carboxylic acids is 1. The summed E-state index contributed by atoms with van der Waals surface area (Å²) >= 11 is 0. The van der Waals surface area contributed by atoms with Crippen molar-refractivity contribution in [2.75, 3.05) is 19.6 Å². The van der Waals surface area contributed by atoms with Gasteiger partial charge in [-0.25, -0.2) is 0 Å². The molecule has 3 rings (SSSR count). The van der Waals surface area contributed by atoms with E-state index in [0.717, 1.165) is 6.54 Å². The molecule has 1 fully saturated rings. The molecule has 0 unspecified atom stereocenters. The van der Waals surface area contributed by atoms with Crippen molar-refractivity contribution in [3.63, 3.8) is 0 Å². The van der Waals surface area contributed by atoms with Crippen molar-refractivity contribution in [1.82, 2.24) is 20.4 Å². The predicted molar refractivity (Wildman–Crippen MR) is 75.7 cm³/mol. The molecule has 1 aliphatic heterocycles. The van der Waals surface area contributed by atoms with Gasteiger partial charge in [-0.1, -0.05) is 12.1 Å². The zero-order chi connectivity index (χ0) is 14.1. The molecule has 0 saturated carbocycles. The average Bonchev–Trinajstić information content (AvgIpc) is 2.47. The monoisotopic (exact) mass is 272 g/mol. The molecule has 0 radical (unpaired) electrons. The van der Waals surface area contributed by atoms with Gasteiger partial charge in [-0.05, 0) is 19.1 Å². The highest BCUT2D eigenvalue weighted by molar-refractivity contribution is 5.95. The number of H-pyrrole nitrogens is 1. The summed E-state index contributed by atoms with van der Waals surface area (Å²) in [6.07, 6.45) is 0. The number of piperazine rings is 1. The second kappa shape index (κ2) is 5.05. The Bertz CT molecular complexity index is 710. The number of nitrogens with one attached hydrogen (secondary N) is 2. The summed E-state index contributed by atoms with van der Waals surface area (Å²) in [6, 6.07) is 7.29. The van der Waals surface area contributed by atoms with E-state index >= 15 is 0 Å². The van der Waals surface area contributed by atoms with Crippen LogP contribution in [0.5, 0.6) is 0 Å². The maximum atomic E-state index is 12.4. The van der Waals surface area contributed by atoms with E-state index in [1.165, 1.54) is 0 Å². The van der Waals surface area contributed by atoms with Gasteiger partial charge in [0.2, 0.25) is 5.43 Å². The average molecular weight is 272 g/mol. The van der Waals surface area contributed by atoms with Crippen molar-refractivity contribution in [3.8, 4) is 0 Å². The number of hydrogen-bond acceptors (Lipinski definition) is 4. The zero-order valence-electron chi connectivity index (χ0n) is 11.2. The van der Waals surface area contributed by atoms with E-state index in [4.69, 9.17) is 0 Å². The SMILES string of the molecule is C[C@H]1CN(C(=O)c2n[nH]c3ccccc3c2=O)CCN1. The fraction of sp³-hybridized carbons (Fsp3) is 0.357. The van der Waals surface area contributed by atoms with Crippen LogP contribution in [0.4, 0.5) is 0 Å². The third-order valence-electron chi connectivity index (χ3n) is 3.53. The fourth-order valence-corrected chi connectivity index (χ4v) is 2.48. The number of aromatic amines is 1. The summed E-state index contributed by atoms with van der Waals surface area (Å²) in [5, 5.41) is 10.5.